The van der Waals surface area contributed by atoms with E-state index in [1.807, 2.05) is 24.3 Å². The van der Waals surface area contributed by atoms with E-state index >= 15 is 0 Å². The van der Waals surface area contributed by atoms with Crippen molar-refractivity contribution in [1.29, 1.82) is 0 Å². The second-order valence-electron chi connectivity index (χ2n) is 5.86. The van der Waals surface area contributed by atoms with Crippen LogP contribution >= 0.6 is 0 Å². The average molecular weight is 310 g/mol. The summed E-state index contributed by atoms with van der Waals surface area (Å²) in [6.07, 6.45) is 3.23. The van der Waals surface area contributed by atoms with Crippen molar-refractivity contribution < 1.29 is 8.42 Å². The minimum Gasteiger partial charge on any atom is -0.313 e. The highest BCUT2D eigenvalue weighted by Crippen LogP contribution is 2.35. The molecule has 1 aromatic rings. The van der Waals surface area contributed by atoms with Crippen molar-refractivity contribution in [2.75, 3.05) is 6.54 Å². The summed E-state index contributed by atoms with van der Waals surface area (Å²) in [7, 11) is -3.22. The summed E-state index contributed by atoms with van der Waals surface area (Å²) < 4.78 is 27.1. The van der Waals surface area contributed by atoms with Crippen molar-refractivity contribution in [3.05, 3.63) is 35.4 Å². The lowest BCUT2D eigenvalue weighted by Gasteiger charge is -2.08. The fraction of sp³-hybridized carbons (Fsp3) is 0.625. The molecular formula is C16H26N2O2S. The molecule has 1 aliphatic rings. The molecular weight excluding hydrogens is 284 g/mol. The summed E-state index contributed by atoms with van der Waals surface area (Å²) in [5.41, 5.74) is 2.02. The van der Waals surface area contributed by atoms with Crippen molar-refractivity contribution in [2.45, 2.75) is 51.4 Å². The summed E-state index contributed by atoms with van der Waals surface area (Å²) >= 11 is 0. The number of hydrogen-bond acceptors (Lipinski definition) is 3. The van der Waals surface area contributed by atoms with Gasteiger partial charge in [-0.1, -0.05) is 44.5 Å². The molecule has 0 aliphatic heterocycles. The number of sulfonamides is 1. The van der Waals surface area contributed by atoms with Crippen LogP contribution in [0.15, 0.2) is 24.3 Å². The van der Waals surface area contributed by atoms with Crippen LogP contribution in [0.4, 0.5) is 0 Å². The molecule has 118 valence electrons. The van der Waals surface area contributed by atoms with E-state index in [2.05, 4.69) is 23.9 Å². The number of nitrogens with one attached hydrogen (secondary N) is 2. The maximum Gasteiger partial charge on any atom is 0.216 e. The lowest BCUT2D eigenvalue weighted by Crippen LogP contribution is -2.28. The standard InChI is InChI=1S/C16H26N2O2S/c1-3-5-15-10-16(15)18-21(19,20)12-14-8-6-13(7-9-14)11-17-4-2/h6-9,15-18H,3-5,10-12H2,1-2H3. The van der Waals surface area contributed by atoms with E-state index in [1.54, 1.807) is 0 Å². The first kappa shape index (κ1) is 16.5. The quantitative estimate of drug-likeness (QED) is 0.736. The van der Waals surface area contributed by atoms with Crippen molar-refractivity contribution in [3.63, 3.8) is 0 Å². The van der Waals surface area contributed by atoms with E-state index in [0.29, 0.717) is 5.92 Å². The molecule has 0 amide bonds. The second-order valence-corrected chi connectivity index (χ2v) is 7.62. The highest BCUT2D eigenvalue weighted by Gasteiger charge is 2.38. The molecule has 0 bridgehead atoms. The molecule has 4 nitrogen and oxygen atoms in total. The lowest BCUT2D eigenvalue weighted by molar-refractivity contribution is 0.572. The van der Waals surface area contributed by atoms with Crippen LogP contribution in [-0.4, -0.2) is 21.0 Å². The van der Waals surface area contributed by atoms with Gasteiger partial charge in [0.15, 0.2) is 0 Å². The second kappa shape index (κ2) is 7.38. The van der Waals surface area contributed by atoms with Gasteiger partial charge in [0.05, 0.1) is 5.75 Å². The fourth-order valence-electron chi connectivity index (χ4n) is 2.60. The van der Waals surface area contributed by atoms with Gasteiger partial charge in [-0.3, -0.25) is 0 Å². The molecule has 1 aromatic carbocycles. The molecule has 0 heterocycles. The summed E-state index contributed by atoms with van der Waals surface area (Å²) in [6.45, 7) is 5.96. The Labute approximate surface area is 128 Å². The van der Waals surface area contributed by atoms with Gasteiger partial charge in [0.1, 0.15) is 0 Å². The normalized spacial score (nSPS) is 21.4. The third-order valence-corrected chi connectivity index (χ3v) is 5.25. The molecule has 1 fully saturated rings. The van der Waals surface area contributed by atoms with Crippen LogP contribution in [0, 0.1) is 5.92 Å². The van der Waals surface area contributed by atoms with E-state index in [4.69, 9.17) is 0 Å². The van der Waals surface area contributed by atoms with Gasteiger partial charge in [-0.05, 0) is 36.4 Å². The molecule has 1 aliphatic carbocycles. The highest BCUT2D eigenvalue weighted by atomic mass is 32.2. The molecule has 0 aromatic heterocycles. The predicted octanol–water partition coefficient (Wildman–Crippen LogP) is 2.40. The summed E-state index contributed by atoms with van der Waals surface area (Å²) in [5.74, 6) is 0.622. The largest absolute Gasteiger partial charge is 0.313 e. The summed E-state index contributed by atoms with van der Waals surface area (Å²) in [4.78, 5) is 0. The van der Waals surface area contributed by atoms with Crippen LogP contribution in [-0.2, 0) is 22.3 Å². The Morgan fingerprint density at radius 1 is 1.14 bits per heavy atom. The van der Waals surface area contributed by atoms with E-state index in [-0.39, 0.29) is 11.8 Å². The van der Waals surface area contributed by atoms with Crippen molar-refractivity contribution in [2.24, 2.45) is 5.92 Å². The molecule has 2 N–H and O–H groups in total. The number of rotatable bonds is 9. The minimum absolute atomic E-state index is 0.0732. The van der Waals surface area contributed by atoms with Gasteiger partial charge in [-0.2, -0.15) is 0 Å². The lowest BCUT2D eigenvalue weighted by atomic mass is 10.1. The fourth-order valence-corrected chi connectivity index (χ4v) is 4.06. The van der Waals surface area contributed by atoms with Crippen molar-refractivity contribution in [3.8, 4) is 0 Å². The molecule has 2 unspecified atom stereocenters. The van der Waals surface area contributed by atoms with E-state index in [1.165, 1.54) is 5.56 Å². The Hall–Kier alpha value is -0.910. The SMILES string of the molecule is CCCC1CC1NS(=O)(=O)Cc1ccc(CNCC)cc1. The van der Waals surface area contributed by atoms with Crippen LogP contribution < -0.4 is 10.0 Å². The maximum absolute atomic E-state index is 12.1. The third kappa shape index (κ3) is 5.41. The molecule has 0 radical (unpaired) electrons. The third-order valence-electron chi connectivity index (χ3n) is 3.87. The van der Waals surface area contributed by atoms with Crippen LogP contribution in [0.25, 0.3) is 0 Å². The van der Waals surface area contributed by atoms with Crippen LogP contribution in [0.1, 0.15) is 44.2 Å². The zero-order valence-corrected chi connectivity index (χ0v) is 13.7. The van der Waals surface area contributed by atoms with Crippen LogP contribution in [0.2, 0.25) is 0 Å². The first-order valence-electron chi connectivity index (χ1n) is 7.82. The molecule has 2 rings (SSSR count). The van der Waals surface area contributed by atoms with Crippen LogP contribution in [0.3, 0.4) is 0 Å². The van der Waals surface area contributed by atoms with Crippen LogP contribution in [0.5, 0.6) is 0 Å². The zero-order valence-electron chi connectivity index (χ0n) is 12.9. The minimum atomic E-state index is -3.22. The van der Waals surface area contributed by atoms with Gasteiger partial charge in [-0.15, -0.1) is 0 Å². The highest BCUT2D eigenvalue weighted by molar-refractivity contribution is 7.88. The van der Waals surface area contributed by atoms with Gasteiger partial charge in [0.25, 0.3) is 0 Å². The Morgan fingerprint density at radius 3 is 2.43 bits per heavy atom. The Balaban J connectivity index is 1.85. The first-order valence-corrected chi connectivity index (χ1v) is 9.47. The maximum atomic E-state index is 12.1. The summed E-state index contributed by atoms with van der Waals surface area (Å²) in [6, 6.07) is 7.96. The molecule has 2 atom stereocenters. The van der Waals surface area contributed by atoms with E-state index in [0.717, 1.165) is 37.9 Å². The van der Waals surface area contributed by atoms with Gasteiger partial charge in [0.2, 0.25) is 10.0 Å². The molecule has 21 heavy (non-hydrogen) atoms. The monoisotopic (exact) mass is 310 g/mol. The number of benzene rings is 1. The van der Waals surface area contributed by atoms with Crippen molar-refractivity contribution in [1.82, 2.24) is 10.0 Å². The molecule has 0 saturated heterocycles. The Kier molecular flexibility index (Phi) is 5.79. The number of hydrogen-bond donors (Lipinski definition) is 2. The Morgan fingerprint density at radius 2 is 1.81 bits per heavy atom. The van der Waals surface area contributed by atoms with Gasteiger partial charge in [0, 0.05) is 12.6 Å². The predicted molar refractivity (Wildman–Crippen MR) is 86.4 cm³/mol. The van der Waals surface area contributed by atoms with Gasteiger partial charge < -0.3 is 5.32 Å². The average Bonchev–Trinajstić information content (AvgIpc) is 3.15. The van der Waals surface area contributed by atoms with Gasteiger partial charge >= 0.3 is 0 Å². The smallest absolute Gasteiger partial charge is 0.216 e. The zero-order chi connectivity index (χ0) is 15.3. The molecule has 0 spiro atoms. The van der Waals surface area contributed by atoms with E-state index < -0.39 is 10.0 Å². The molecule has 5 heteroatoms. The van der Waals surface area contributed by atoms with E-state index in [9.17, 15) is 8.42 Å². The molecule has 1 saturated carbocycles. The Bertz CT molecular complexity index is 540. The van der Waals surface area contributed by atoms with Gasteiger partial charge in [-0.25, -0.2) is 13.1 Å². The van der Waals surface area contributed by atoms with Crippen molar-refractivity contribution >= 4 is 10.0 Å². The first-order chi connectivity index (χ1) is 10.0. The summed E-state index contributed by atoms with van der Waals surface area (Å²) in [5, 5.41) is 3.25. The topological polar surface area (TPSA) is 58.2 Å².